The van der Waals surface area contributed by atoms with E-state index >= 15 is 0 Å². The van der Waals surface area contributed by atoms with Gasteiger partial charge in [-0.3, -0.25) is 0 Å². The Bertz CT molecular complexity index is 325. The standard InChI is InChI=1S/C11H15NO2/c13-6-8-1-2-9-3-4-10(7-14)12-11(9)5-8/h1-2,5,10,12-14H,3-4,6-7H2. The zero-order valence-electron chi connectivity index (χ0n) is 8.03. The van der Waals surface area contributed by atoms with E-state index in [-0.39, 0.29) is 19.3 Å². The minimum absolute atomic E-state index is 0.0682. The number of fused-ring (bicyclic) bond motifs is 1. The molecule has 3 nitrogen and oxygen atoms in total. The average Bonchev–Trinajstić information content (AvgIpc) is 2.27. The number of aliphatic hydroxyl groups excluding tert-OH is 2. The number of hydrogen-bond donors (Lipinski definition) is 3. The Hall–Kier alpha value is -1.06. The van der Waals surface area contributed by atoms with Gasteiger partial charge in [0.2, 0.25) is 0 Å². The molecule has 1 atom stereocenters. The van der Waals surface area contributed by atoms with Gasteiger partial charge in [-0.05, 0) is 30.0 Å². The van der Waals surface area contributed by atoms with E-state index in [0.29, 0.717) is 0 Å². The summed E-state index contributed by atoms with van der Waals surface area (Å²) in [5.74, 6) is 0. The number of anilines is 1. The minimum atomic E-state index is 0.0682. The lowest BCUT2D eigenvalue weighted by Crippen LogP contribution is -2.28. The van der Waals surface area contributed by atoms with Crippen molar-refractivity contribution < 1.29 is 10.2 Å². The van der Waals surface area contributed by atoms with Crippen LogP contribution < -0.4 is 5.32 Å². The number of hydrogen-bond acceptors (Lipinski definition) is 3. The van der Waals surface area contributed by atoms with E-state index in [1.165, 1.54) is 5.56 Å². The number of aryl methyl sites for hydroxylation is 1. The van der Waals surface area contributed by atoms with Gasteiger partial charge in [-0.25, -0.2) is 0 Å². The second-order valence-electron chi connectivity index (χ2n) is 3.71. The molecule has 0 fully saturated rings. The summed E-state index contributed by atoms with van der Waals surface area (Å²) in [4.78, 5) is 0. The summed E-state index contributed by atoms with van der Waals surface area (Å²) in [6, 6.07) is 6.11. The highest BCUT2D eigenvalue weighted by atomic mass is 16.3. The van der Waals surface area contributed by atoms with Gasteiger partial charge in [-0.2, -0.15) is 0 Å². The summed E-state index contributed by atoms with van der Waals surface area (Å²) < 4.78 is 0. The molecule has 3 heteroatoms. The first-order valence-corrected chi connectivity index (χ1v) is 4.93. The monoisotopic (exact) mass is 193 g/mol. The van der Waals surface area contributed by atoms with Crippen LogP contribution in [0, 0.1) is 0 Å². The summed E-state index contributed by atoms with van der Waals surface area (Å²) in [7, 11) is 0. The summed E-state index contributed by atoms with van der Waals surface area (Å²) in [5, 5.41) is 21.3. The highest BCUT2D eigenvalue weighted by molar-refractivity contribution is 5.55. The summed E-state index contributed by atoms with van der Waals surface area (Å²) in [6.07, 6.45) is 1.97. The highest BCUT2D eigenvalue weighted by Crippen LogP contribution is 2.25. The maximum Gasteiger partial charge on any atom is 0.0682 e. The van der Waals surface area contributed by atoms with Gasteiger partial charge in [0.15, 0.2) is 0 Å². The van der Waals surface area contributed by atoms with Crippen LogP contribution in [0.15, 0.2) is 18.2 Å². The largest absolute Gasteiger partial charge is 0.394 e. The van der Waals surface area contributed by atoms with Gasteiger partial charge in [-0.1, -0.05) is 12.1 Å². The van der Waals surface area contributed by atoms with E-state index in [1.54, 1.807) is 0 Å². The SMILES string of the molecule is OCc1ccc2c(c1)NC(CO)CC2. The van der Waals surface area contributed by atoms with Crippen LogP contribution in [0.3, 0.4) is 0 Å². The van der Waals surface area contributed by atoms with Gasteiger partial charge in [0.25, 0.3) is 0 Å². The van der Waals surface area contributed by atoms with Crippen LogP contribution in [-0.2, 0) is 13.0 Å². The van der Waals surface area contributed by atoms with Gasteiger partial charge in [0, 0.05) is 11.7 Å². The molecule has 3 N–H and O–H groups in total. The van der Waals surface area contributed by atoms with Gasteiger partial charge in [0.05, 0.1) is 13.2 Å². The molecule has 76 valence electrons. The predicted octanol–water partition coefficient (Wildman–Crippen LogP) is 0.898. The van der Waals surface area contributed by atoms with Crippen LogP contribution in [0.5, 0.6) is 0 Å². The molecule has 2 rings (SSSR count). The summed E-state index contributed by atoms with van der Waals surface area (Å²) in [5.41, 5.74) is 3.24. The smallest absolute Gasteiger partial charge is 0.0682 e. The molecular weight excluding hydrogens is 178 g/mol. The van der Waals surface area contributed by atoms with E-state index in [0.717, 1.165) is 24.1 Å². The summed E-state index contributed by atoms with van der Waals surface area (Å²) in [6.45, 7) is 0.238. The zero-order chi connectivity index (χ0) is 9.97. The third-order valence-corrected chi connectivity index (χ3v) is 2.70. The molecule has 0 saturated heterocycles. The lowest BCUT2D eigenvalue weighted by molar-refractivity contribution is 0.267. The Morgan fingerprint density at radius 1 is 1.36 bits per heavy atom. The second-order valence-corrected chi connectivity index (χ2v) is 3.71. The fourth-order valence-electron chi connectivity index (χ4n) is 1.83. The molecule has 0 spiro atoms. The number of benzene rings is 1. The van der Waals surface area contributed by atoms with Crippen LogP contribution in [0.4, 0.5) is 5.69 Å². The zero-order valence-corrected chi connectivity index (χ0v) is 8.03. The Labute approximate surface area is 83.4 Å². The van der Waals surface area contributed by atoms with Crippen LogP contribution in [0.25, 0.3) is 0 Å². The fourth-order valence-corrected chi connectivity index (χ4v) is 1.83. The molecule has 1 aromatic rings. The maximum absolute atomic E-state index is 9.03. The van der Waals surface area contributed by atoms with E-state index in [2.05, 4.69) is 5.32 Å². The Morgan fingerprint density at radius 2 is 2.21 bits per heavy atom. The number of aliphatic hydroxyl groups is 2. The molecule has 14 heavy (non-hydrogen) atoms. The van der Waals surface area contributed by atoms with Crippen LogP contribution >= 0.6 is 0 Å². The van der Waals surface area contributed by atoms with E-state index < -0.39 is 0 Å². The molecule has 0 aliphatic carbocycles. The third-order valence-electron chi connectivity index (χ3n) is 2.70. The van der Waals surface area contributed by atoms with Crippen molar-refractivity contribution in [2.24, 2.45) is 0 Å². The molecule has 0 aromatic heterocycles. The van der Waals surface area contributed by atoms with E-state index in [9.17, 15) is 0 Å². The lowest BCUT2D eigenvalue weighted by atomic mass is 9.97. The molecule has 0 bridgehead atoms. The molecular formula is C11H15NO2. The van der Waals surface area contributed by atoms with E-state index in [1.807, 2.05) is 18.2 Å². The highest BCUT2D eigenvalue weighted by Gasteiger charge is 2.16. The van der Waals surface area contributed by atoms with Crippen molar-refractivity contribution in [1.29, 1.82) is 0 Å². The molecule has 1 heterocycles. The van der Waals surface area contributed by atoms with Crippen LogP contribution in [0.2, 0.25) is 0 Å². The Morgan fingerprint density at radius 3 is 2.93 bits per heavy atom. The van der Waals surface area contributed by atoms with Crippen LogP contribution in [0.1, 0.15) is 17.5 Å². The maximum atomic E-state index is 9.03. The van der Waals surface area contributed by atoms with Crippen molar-refractivity contribution in [2.75, 3.05) is 11.9 Å². The van der Waals surface area contributed by atoms with Crippen molar-refractivity contribution in [3.63, 3.8) is 0 Å². The molecule has 0 saturated carbocycles. The number of rotatable bonds is 2. The average molecular weight is 193 g/mol. The molecule has 1 aliphatic rings. The van der Waals surface area contributed by atoms with Crippen molar-refractivity contribution in [3.8, 4) is 0 Å². The van der Waals surface area contributed by atoms with Crippen molar-refractivity contribution in [2.45, 2.75) is 25.5 Å². The normalized spacial score (nSPS) is 20.0. The van der Waals surface area contributed by atoms with Crippen molar-refractivity contribution >= 4 is 5.69 Å². The predicted molar refractivity (Wildman–Crippen MR) is 55.2 cm³/mol. The van der Waals surface area contributed by atoms with Crippen molar-refractivity contribution in [1.82, 2.24) is 0 Å². The third kappa shape index (κ3) is 1.74. The molecule has 1 unspecified atom stereocenters. The molecule has 1 aliphatic heterocycles. The number of nitrogens with one attached hydrogen (secondary N) is 1. The second kappa shape index (κ2) is 3.98. The van der Waals surface area contributed by atoms with Gasteiger partial charge in [-0.15, -0.1) is 0 Å². The van der Waals surface area contributed by atoms with Gasteiger partial charge in [0.1, 0.15) is 0 Å². The van der Waals surface area contributed by atoms with Gasteiger partial charge >= 0.3 is 0 Å². The Kier molecular flexibility index (Phi) is 2.70. The minimum Gasteiger partial charge on any atom is -0.394 e. The first kappa shape index (κ1) is 9.49. The quantitative estimate of drug-likeness (QED) is 0.654. The fraction of sp³-hybridized carbons (Fsp3) is 0.455. The molecule has 0 amide bonds. The Balaban J connectivity index is 2.25. The lowest BCUT2D eigenvalue weighted by Gasteiger charge is -2.25. The first-order chi connectivity index (χ1) is 6.83. The summed E-state index contributed by atoms with van der Waals surface area (Å²) >= 11 is 0. The van der Waals surface area contributed by atoms with Gasteiger partial charge < -0.3 is 15.5 Å². The van der Waals surface area contributed by atoms with E-state index in [4.69, 9.17) is 10.2 Å². The topological polar surface area (TPSA) is 52.5 Å². The van der Waals surface area contributed by atoms with Crippen LogP contribution in [-0.4, -0.2) is 22.9 Å². The molecule has 0 radical (unpaired) electrons. The first-order valence-electron chi connectivity index (χ1n) is 4.93. The van der Waals surface area contributed by atoms with Crippen molar-refractivity contribution in [3.05, 3.63) is 29.3 Å². The molecule has 1 aromatic carbocycles.